The summed E-state index contributed by atoms with van der Waals surface area (Å²) in [7, 11) is -3.50. The molecule has 0 unspecified atom stereocenters. The van der Waals surface area contributed by atoms with Gasteiger partial charge in [-0.15, -0.1) is 0 Å². The lowest BCUT2D eigenvalue weighted by molar-refractivity contribution is 0.581. The van der Waals surface area contributed by atoms with E-state index < -0.39 is 15.8 Å². The molecule has 142 valence electrons. The summed E-state index contributed by atoms with van der Waals surface area (Å²) in [5, 5.41) is 3.09. The minimum absolute atomic E-state index is 0.197. The fourth-order valence-electron chi connectivity index (χ4n) is 2.51. The maximum Gasteiger partial charge on any atom is 0.215 e. The van der Waals surface area contributed by atoms with Gasteiger partial charge < -0.3 is 9.88 Å². The summed E-state index contributed by atoms with van der Waals surface area (Å²) in [6, 6.07) is 11.0. The van der Waals surface area contributed by atoms with Crippen LogP contribution in [0, 0.1) is 12.7 Å². The molecule has 2 N–H and O–H groups in total. The van der Waals surface area contributed by atoms with Gasteiger partial charge in [0, 0.05) is 31.5 Å². The van der Waals surface area contributed by atoms with Crippen molar-refractivity contribution < 1.29 is 12.8 Å². The van der Waals surface area contributed by atoms with Crippen LogP contribution in [0.2, 0.25) is 0 Å². The Hall–Kier alpha value is -2.78. The highest BCUT2D eigenvalue weighted by atomic mass is 32.2. The molecular formula is C18H20FN5O2S. The number of anilines is 1. The second-order valence-electron chi connectivity index (χ2n) is 5.96. The van der Waals surface area contributed by atoms with Crippen molar-refractivity contribution in [3.63, 3.8) is 0 Å². The third-order valence-corrected chi connectivity index (χ3v) is 5.07. The quantitative estimate of drug-likeness (QED) is 0.577. The van der Waals surface area contributed by atoms with Crippen molar-refractivity contribution in [3.05, 3.63) is 72.1 Å². The van der Waals surface area contributed by atoms with Gasteiger partial charge in [0.1, 0.15) is 23.3 Å². The van der Waals surface area contributed by atoms with Gasteiger partial charge in [-0.3, -0.25) is 0 Å². The molecule has 0 aliphatic rings. The molecule has 0 amide bonds. The maximum absolute atomic E-state index is 12.9. The molecule has 0 saturated carbocycles. The predicted molar refractivity (Wildman–Crippen MR) is 102 cm³/mol. The molecule has 0 aliphatic carbocycles. The fraction of sp³-hybridized carbons (Fsp3) is 0.222. The minimum atomic E-state index is -3.50. The molecule has 0 saturated heterocycles. The van der Waals surface area contributed by atoms with Crippen molar-refractivity contribution in [1.82, 2.24) is 19.3 Å². The van der Waals surface area contributed by atoms with E-state index in [4.69, 9.17) is 0 Å². The molecule has 3 aromatic rings. The van der Waals surface area contributed by atoms with E-state index in [-0.39, 0.29) is 12.3 Å². The van der Waals surface area contributed by atoms with Gasteiger partial charge in [-0.25, -0.2) is 27.5 Å². The average Bonchev–Trinajstić information content (AvgIpc) is 3.15. The zero-order valence-corrected chi connectivity index (χ0v) is 15.6. The fourth-order valence-corrected chi connectivity index (χ4v) is 3.66. The topological polar surface area (TPSA) is 88.9 Å². The minimum Gasteiger partial charge on any atom is -0.369 e. The summed E-state index contributed by atoms with van der Waals surface area (Å²) in [4.78, 5) is 8.68. The molecule has 7 nitrogen and oxygen atoms in total. The Labute approximate surface area is 157 Å². The van der Waals surface area contributed by atoms with Gasteiger partial charge in [0.05, 0.1) is 5.75 Å². The van der Waals surface area contributed by atoms with Crippen LogP contribution in [-0.2, 0) is 15.8 Å². The zero-order chi connectivity index (χ0) is 19.3. The van der Waals surface area contributed by atoms with Gasteiger partial charge in [0.2, 0.25) is 10.0 Å². The molecule has 0 bridgehead atoms. The van der Waals surface area contributed by atoms with Crippen LogP contribution < -0.4 is 10.0 Å². The lowest BCUT2D eigenvalue weighted by Crippen LogP contribution is -2.30. The first-order valence-corrected chi connectivity index (χ1v) is 10.0. The van der Waals surface area contributed by atoms with Gasteiger partial charge in [-0.05, 0) is 36.8 Å². The Morgan fingerprint density at radius 3 is 2.48 bits per heavy atom. The van der Waals surface area contributed by atoms with Crippen LogP contribution in [0.25, 0.3) is 5.82 Å². The van der Waals surface area contributed by atoms with E-state index in [1.54, 1.807) is 13.0 Å². The lowest BCUT2D eigenvalue weighted by atomic mass is 10.2. The van der Waals surface area contributed by atoms with Crippen molar-refractivity contribution >= 4 is 15.8 Å². The molecule has 0 aliphatic heterocycles. The number of nitrogens with one attached hydrogen (secondary N) is 2. The Kier molecular flexibility index (Phi) is 5.82. The molecule has 0 fully saturated rings. The number of sulfonamides is 1. The Balaban J connectivity index is 1.53. The van der Waals surface area contributed by atoms with Crippen LogP contribution in [0.1, 0.15) is 11.4 Å². The molecule has 3 rings (SSSR count). The first-order valence-electron chi connectivity index (χ1n) is 8.36. The van der Waals surface area contributed by atoms with Crippen LogP contribution in [0.15, 0.2) is 54.9 Å². The van der Waals surface area contributed by atoms with Crippen LogP contribution in [0.3, 0.4) is 0 Å². The number of rotatable bonds is 8. The summed E-state index contributed by atoms with van der Waals surface area (Å²) in [5.41, 5.74) is 0.527. The largest absolute Gasteiger partial charge is 0.369 e. The van der Waals surface area contributed by atoms with E-state index in [2.05, 4.69) is 20.0 Å². The number of nitrogens with zero attached hydrogens (tertiary/aromatic N) is 3. The summed E-state index contributed by atoms with van der Waals surface area (Å²) in [6.07, 6.45) is 3.77. The lowest BCUT2D eigenvalue weighted by Gasteiger charge is -2.10. The summed E-state index contributed by atoms with van der Waals surface area (Å²) < 4.78 is 41.5. The Bertz CT molecular complexity index is 989. The first kappa shape index (κ1) is 19.0. The maximum atomic E-state index is 12.9. The molecule has 0 atom stereocenters. The highest BCUT2D eigenvalue weighted by Crippen LogP contribution is 2.11. The number of halogens is 1. The third kappa shape index (κ3) is 5.60. The summed E-state index contributed by atoms with van der Waals surface area (Å²) >= 11 is 0. The van der Waals surface area contributed by atoms with Gasteiger partial charge in [-0.1, -0.05) is 12.1 Å². The molecule has 2 aromatic heterocycles. The Morgan fingerprint density at radius 1 is 1.07 bits per heavy atom. The zero-order valence-electron chi connectivity index (χ0n) is 14.8. The summed E-state index contributed by atoms with van der Waals surface area (Å²) in [5.74, 6) is 1.36. The van der Waals surface area contributed by atoms with Crippen molar-refractivity contribution in [1.29, 1.82) is 0 Å². The van der Waals surface area contributed by atoms with E-state index in [1.165, 1.54) is 24.3 Å². The molecular weight excluding hydrogens is 369 g/mol. The molecule has 2 heterocycles. The standard InChI is InChI=1S/C18H20FN5O2S/c1-14-22-17(12-18(23-14)24-10-2-3-11-24)20-8-9-21-27(25,26)13-15-4-6-16(19)7-5-15/h2-7,10-12,21H,8-9,13H2,1H3,(H,20,22,23). The van der Waals surface area contributed by atoms with Crippen LogP contribution in [0.4, 0.5) is 10.2 Å². The second kappa shape index (κ2) is 8.28. The molecule has 9 heteroatoms. The van der Waals surface area contributed by atoms with Crippen molar-refractivity contribution in [3.8, 4) is 5.82 Å². The highest BCUT2D eigenvalue weighted by Gasteiger charge is 2.11. The second-order valence-corrected chi connectivity index (χ2v) is 7.76. The smallest absolute Gasteiger partial charge is 0.215 e. The first-order chi connectivity index (χ1) is 12.9. The van der Waals surface area contributed by atoms with Crippen molar-refractivity contribution in [2.24, 2.45) is 0 Å². The van der Waals surface area contributed by atoms with Crippen molar-refractivity contribution in [2.75, 3.05) is 18.4 Å². The molecule has 0 radical (unpaired) electrons. The van der Waals surface area contributed by atoms with Crippen LogP contribution >= 0.6 is 0 Å². The number of hydrogen-bond donors (Lipinski definition) is 2. The third-order valence-electron chi connectivity index (χ3n) is 3.72. The van der Waals surface area contributed by atoms with Gasteiger partial charge in [0.25, 0.3) is 0 Å². The van der Waals surface area contributed by atoms with Gasteiger partial charge in [0.15, 0.2) is 0 Å². The van der Waals surface area contributed by atoms with Crippen molar-refractivity contribution in [2.45, 2.75) is 12.7 Å². The predicted octanol–water partition coefficient (Wildman–Crippen LogP) is 2.25. The number of hydrogen-bond acceptors (Lipinski definition) is 5. The average molecular weight is 389 g/mol. The highest BCUT2D eigenvalue weighted by molar-refractivity contribution is 7.88. The SMILES string of the molecule is Cc1nc(NCCNS(=O)(=O)Cc2ccc(F)cc2)cc(-n2cccc2)n1. The van der Waals surface area contributed by atoms with Gasteiger partial charge >= 0.3 is 0 Å². The Morgan fingerprint density at radius 2 is 1.78 bits per heavy atom. The monoisotopic (exact) mass is 389 g/mol. The normalized spacial score (nSPS) is 11.5. The van der Waals surface area contributed by atoms with E-state index >= 15 is 0 Å². The van der Waals surface area contributed by atoms with E-state index in [1.807, 2.05) is 29.1 Å². The van der Waals surface area contributed by atoms with Gasteiger partial charge in [-0.2, -0.15) is 0 Å². The molecule has 1 aromatic carbocycles. The number of benzene rings is 1. The van der Waals surface area contributed by atoms with E-state index in [0.29, 0.717) is 23.8 Å². The molecule has 0 spiro atoms. The van der Waals surface area contributed by atoms with E-state index in [9.17, 15) is 12.8 Å². The number of aromatic nitrogens is 3. The molecule has 27 heavy (non-hydrogen) atoms. The van der Waals surface area contributed by atoms with E-state index in [0.717, 1.165) is 5.82 Å². The summed E-state index contributed by atoms with van der Waals surface area (Å²) in [6.45, 7) is 2.36. The van der Waals surface area contributed by atoms with Crippen LogP contribution in [0.5, 0.6) is 0 Å². The number of aryl methyl sites for hydroxylation is 1. The van der Waals surface area contributed by atoms with Crippen LogP contribution in [-0.4, -0.2) is 36.0 Å².